The molecule has 2 aliphatic heterocycles. The number of carbonyl (C=O) groups excluding carboxylic acids is 2. The average Bonchev–Trinajstić information content (AvgIpc) is 3.42. The number of nitrogens with two attached hydrogens (primary N) is 1. The second-order valence-electron chi connectivity index (χ2n) is 10.0. The Labute approximate surface area is 226 Å². The lowest BCUT2D eigenvalue weighted by molar-refractivity contribution is -0.272. The van der Waals surface area contributed by atoms with E-state index in [2.05, 4.69) is 10.3 Å². The van der Waals surface area contributed by atoms with Gasteiger partial charge in [-0.15, -0.1) is 0 Å². The molecule has 3 heterocycles. The predicted octanol–water partition coefficient (Wildman–Crippen LogP) is 3.24. The molecule has 0 radical (unpaired) electrons. The fourth-order valence-corrected chi connectivity index (χ4v) is 5.26. The number of pyridine rings is 1. The summed E-state index contributed by atoms with van der Waals surface area (Å²) < 4.78 is 86.5. The van der Waals surface area contributed by atoms with Crippen LogP contribution in [0.2, 0.25) is 0 Å². The van der Waals surface area contributed by atoms with Crippen LogP contribution in [-0.4, -0.2) is 79.0 Å². The lowest BCUT2D eigenvalue weighted by Crippen LogP contribution is -2.47. The molecule has 14 heteroatoms. The van der Waals surface area contributed by atoms with Crippen molar-refractivity contribution in [3.63, 3.8) is 0 Å². The third kappa shape index (κ3) is 5.10. The van der Waals surface area contributed by atoms with Gasteiger partial charge < -0.3 is 30.2 Å². The Kier molecular flexibility index (Phi) is 8.07. The van der Waals surface area contributed by atoms with Gasteiger partial charge in [-0.25, -0.2) is 4.39 Å². The standard InChI is InChI=1S/C26H29F5N4O5/c1-12-19(14-5-6-15(27)20(28)21(14)39-4)22(40-25(12,2)26(29,30)31)23(36)34-13-7-8-33-17(9-13)24(37)35-10-16(32)18(11-35)38-3/h5-9,12,16,18-19,22H,10-11,32H2,1-4H3,(H,33,34,36)/t12-,16+,18-,19-,22+,25+/m0/s1. The first-order chi connectivity index (χ1) is 18.7. The number of carbonyl (C=O) groups is 2. The number of likely N-dealkylation sites (tertiary alicyclic amines) is 1. The molecule has 9 nitrogen and oxygen atoms in total. The molecule has 218 valence electrons. The number of hydrogen-bond donors (Lipinski definition) is 2. The Morgan fingerprint density at radius 2 is 1.90 bits per heavy atom. The summed E-state index contributed by atoms with van der Waals surface area (Å²) in [5, 5.41) is 2.47. The summed E-state index contributed by atoms with van der Waals surface area (Å²) in [4.78, 5) is 31.9. The van der Waals surface area contributed by atoms with Gasteiger partial charge in [-0.05, 0) is 25.1 Å². The molecule has 0 aliphatic carbocycles. The van der Waals surface area contributed by atoms with Crippen molar-refractivity contribution >= 4 is 17.5 Å². The Morgan fingerprint density at radius 1 is 1.20 bits per heavy atom. The number of hydrogen-bond acceptors (Lipinski definition) is 7. The van der Waals surface area contributed by atoms with Gasteiger partial charge in [-0.3, -0.25) is 14.6 Å². The van der Waals surface area contributed by atoms with E-state index in [9.17, 15) is 31.5 Å². The normalized spacial score (nSPS) is 28.6. The number of amides is 2. The molecule has 0 spiro atoms. The molecule has 1 aromatic carbocycles. The summed E-state index contributed by atoms with van der Waals surface area (Å²) in [5.74, 6) is -7.56. The summed E-state index contributed by atoms with van der Waals surface area (Å²) in [6.07, 6.45) is -5.80. The highest BCUT2D eigenvalue weighted by Crippen LogP contribution is 2.55. The third-order valence-electron chi connectivity index (χ3n) is 7.72. The van der Waals surface area contributed by atoms with Crippen molar-refractivity contribution in [3.05, 3.63) is 53.4 Å². The maximum absolute atomic E-state index is 14.5. The zero-order chi connectivity index (χ0) is 29.6. The molecule has 3 N–H and O–H groups in total. The van der Waals surface area contributed by atoms with Crippen molar-refractivity contribution < 1.29 is 45.8 Å². The Balaban J connectivity index is 1.65. The van der Waals surface area contributed by atoms with Crippen LogP contribution in [0.4, 0.5) is 27.6 Å². The van der Waals surface area contributed by atoms with Gasteiger partial charge >= 0.3 is 6.18 Å². The molecule has 2 aliphatic rings. The van der Waals surface area contributed by atoms with Crippen molar-refractivity contribution in [2.45, 2.75) is 49.8 Å². The number of halogens is 5. The minimum absolute atomic E-state index is 0.0404. The Bertz CT molecular complexity index is 1290. The number of benzene rings is 1. The molecule has 2 saturated heterocycles. The van der Waals surface area contributed by atoms with Gasteiger partial charge in [0.05, 0.1) is 19.3 Å². The number of anilines is 1. The van der Waals surface area contributed by atoms with Gasteiger partial charge in [-0.2, -0.15) is 17.6 Å². The molecule has 4 rings (SSSR count). The molecule has 6 atom stereocenters. The van der Waals surface area contributed by atoms with Crippen molar-refractivity contribution in [1.82, 2.24) is 9.88 Å². The molecule has 0 bridgehead atoms. The minimum Gasteiger partial charge on any atom is -0.493 e. The summed E-state index contributed by atoms with van der Waals surface area (Å²) >= 11 is 0. The summed E-state index contributed by atoms with van der Waals surface area (Å²) in [5.41, 5.74) is 3.03. The van der Waals surface area contributed by atoms with Crippen molar-refractivity contribution in [2.75, 3.05) is 32.6 Å². The number of methoxy groups -OCH3 is 2. The van der Waals surface area contributed by atoms with Crippen LogP contribution in [0.25, 0.3) is 0 Å². The largest absolute Gasteiger partial charge is 0.493 e. The van der Waals surface area contributed by atoms with E-state index >= 15 is 0 Å². The van der Waals surface area contributed by atoms with E-state index in [0.717, 1.165) is 26.2 Å². The molecule has 2 fully saturated rings. The Morgan fingerprint density at radius 3 is 2.50 bits per heavy atom. The van der Waals surface area contributed by atoms with Crippen molar-refractivity contribution in [2.24, 2.45) is 11.7 Å². The van der Waals surface area contributed by atoms with Crippen LogP contribution in [0.5, 0.6) is 5.75 Å². The highest BCUT2D eigenvalue weighted by molar-refractivity contribution is 5.98. The van der Waals surface area contributed by atoms with Gasteiger partial charge in [0, 0.05) is 49.5 Å². The Hall–Kier alpha value is -3.36. The highest BCUT2D eigenvalue weighted by Gasteiger charge is 2.66. The van der Waals surface area contributed by atoms with Crippen LogP contribution in [0.3, 0.4) is 0 Å². The molecular weight excluding hydrogens is 543 g/mol. The lowest BCUT2D eigenvalue weighted by atomic mass is 9.77. The number of alkyl halides is 3. The summed E-state index contributed by atoms with van der Waals surface area (Å²) in [7, 11) is 2.52. The van der Waals surface area contributed by atoms with E-state index < -0.39 is 65.0 Å². The topological polar surface area (TPSA) is 116 Å². The van der Waals surface area contributed by atoms with Gasteiger partial charge in [0.1, 0.15) is 11.8 Å². The molecule has 0 unspecified atom stereocenters. The molecule has 2 aromatic rings. The second-order valence-corrected chi connectivity index (χ2v) is 10.0. The maximum Gasteiger partial charge on any atom is 0.417 e. The highest BCUT2D eigenvalue weighted by atomic mass is 19.4. The third-order valence-corrected chi connectivity index (χ3v) is 7.72. The van der Waals surface area contributed by atoms with Gasteiger partial charge in [0.15, 0.2) is 17.2 Å². The van der Waals surface area contributed by atoms with Gasteiger partial charge in [0.2, 0.25) is 5.82 Å². The number of nitrogens with one attached hydrogen (secondary N) is 1. The fourth-order valence-electron chi connectivity index (χ4n) is 5.26. The van der Waals surface area contributed by atoms with E-state index in [1.54, 1.807) is 0 Å². The zero-order valence-corrected chi connectivity index (χ0v) is 22.1. The van der Waals surface area contributed by atoms with Crippen LogP contribution < -0.4 is 15.8 Å². The number of aromatic nitrogens is 1. The quantitative estimate of drug-likeness (QED) is 0.511. The van der Waals surface area contributed by atoms with Gasteiger partial charge in [0.25, 0.3) is 11.8 Å². The first-order valence-electron chi connectivity index (χ1n) is 12.3. The monoisotopic (exact) mass is 572 g/mol. The number of nitrogens with zero attached hydrogens (tertiary/aromatic N) is 2. The summed E-state index contributed by atoms with van der Waals surface area (Å²) in [6, 6.07) is 4.03. The van der Waals surface area contributed by atoms with Crippen LogP contribution in [0.15, 0.2) is 30.5 Å². The van der Waals surface area contributed by atoms with E-state index in [1.165, 1.54) is 37.3 Å². The molecule has 2 amide bonds. The predicted molar refractivity (Wildman–Crippen MR) is 132 cm³/mol. The first-order valence-corrected chi connectivity index (χ1v) is 12.3. The number of rotatable bonds is 6. The maximum atomic E-state index is 14.5. The van der Waals surface area contributed by atoms with Crippen LogP contribution in [0.1, 0.15) is 35.8 Å². The smallest absolute Gasteiger partial charge is 0.417 e. The zero-order valence-electron chi connectivity index (χ0n) is 22.1. The molecule has 40 heavy (non-hydrogen) atoms. The second kappa shape index (κ2) is 10.9. The van der Waals surface area contributed by atoms with E-state index in [1.807, 2.05) is 0 Å². The van der Waals surface area contributed by atoms with E-state index in [0.29, 0.717) is 0 Å². The van der Waals surface area contributed by atoms with E-state index in [4.69, 9.17) is 19.9 Å². The van der Waals surface area contributed by atoms with E-state index in [-0.39, 0.29) is 36.1 Å². The van der Waals surface area contributed by atoms with Crippen LogP contribution in [-0.2, 0) is 14.3 Å². The van der Waals surface area contributed by atoms with Crippen LogP contribution in [0, 0.1) is 17.6 Å². The number of ether oxygens (including phenoxy) is 3. The SMILES string of the molecule is COc1c([C@H]2[C@H](C(=O)Nc3ccnc(C(=O)N4C[C@@H](N)[C@@H](OC)C4)c3)O[C@@](C)(C(F)(F)F)[C@H]2C)ccc(F)c1F. The lowest BCUT2D eigenvalue weighted by Gasteiger charge is -2.32. The van der Waals surface area contributed by atoms with Gasteiger partial charge in [-0.1, -0.05) is 13.0 Å². The van der Waals surface area contributed by atoms with Crippen molar-refractivity contribution in [1.29, 1.82) is 0 Å². The van der Waals surface area contributed by atoms with Crippen molar-refractivity contribution in [3.8, 4) is 5.75 Å². The minimum atomic E-state index is -4.90. The summed E-state index contributed by atoms with van der Waals surface area (Å²) in [6.45, 7) is 2.46. The van der Waals surface area contributed by atoms with Crippen LogP contribution >= 0.6 is 0 Å². The molecular formula is C26H29F5N4O5. The first kappa shape index (κ1) is 29.6. The fraction of sp³-hybridized carbons (Fsp3) is 0.500. The molecule has 0 saturated carbocycles. The average molecular weight is 573 g/mol. The molecule has 1 aromatic heterocycles.